The molecule has 0 bridgehead atoms. The minimum absolute atomic E-state index is 0.563. The molecule has 9 nitrogen and oxygen atoms in total. The van der Waals surface area contributed by atoms with Gasteiger partial charge in [-0.05, 0) is 67.7 Å². The number of carbonyl (C=O) groups is 2. The second kappa shape index (κ2) is 17.0. The number of aliphatic carboxylic acids is 2. The van der Waals surface area contributed by atoms with Crippen LogP contribution in [0.2, 0.25) is 0 Å². The Morgan fingerprint density at radius 3 is 1.64 bits per heavy atom. The van der Waals surface area contributed by atoms with Crippen molar-refractivity contribution < 1.29 is 38.7 Å². The predicted octanol–water partition coefficient (Wildman–Crippen LogP) is 4.15. The molecule has 2 aromatic rings. The van der Waals surface area contributed by atoms with Gasteiger partial charge in [0.15, 0.2) is 23.0 Å². The molecule has 0 amide bonds. The van der Waals surface area contributed by atoms with Gasteiger partial charge in [-0.2, -0.15) is 0 Å². The maximum atomic E-state index is 9.10. The third-order valence-corrected chi connectivity index (χ3v) is 5.30. The highest BCUT2D eigenvalue weighted by molar-refractivity contribution is 6.27. The zero-order valence-electron chi connectivity index (χ0n) is 21.9. The molecule has 0 aromatic heterocycles. The van der Waals surface area contributed by atoms with Crippen molar-refractivity contribution in [1.29, 1.82) is 0 Å². The molecule has 2 N–H and O–H groups in total. The van der Waals surface area contributed by atoms with E-state index in [0.717, 1.165) is 61.0 Å². The quantitative estimate of drug-likeness (QED) is 0.365. The van der Waals surface area contributed by atoms with E-state index >= 15 is 0 Å². The average Bonchev–Trinajstić information content (AvgIpc) is 2.87. The highest BCUT2D eigenvalue weighted by atomic mass is 16.5. The summed E-state index contributed by atoms with van der Waals surface area (Å²) in [5.41, 5.74) is 2.41. The highest BCUT2D eigenvalue weighted by Crippen LogP contribution is 2.30. The van der Waals surface area contributed by atoms with Crippen LogP contribution in [0.15, 0.2) is 36.4 Å². The Bertz CT molecular complexity index is 929. The van der Waals surface area contributed by atoms with Crippen molar-refractivity contribution in [3.63, 3.8) is 0 Å². The first-order chi connectivity index (χ1) is 17.3. The monoisotopic (exact) mass is 505 g/mol. The molecule has 0 fully saturated rings. The van der Waals surface area contributed by atoms with Crippen LogP contribution in [0.3, 0.4) is 0 Å². The molecule has 2 rings (SSSR count). The molecule has 0 spiro atoms. The van der Waals surface area contributed by atoms with Gasteiger partial charge in [0.25, 0.3) is 0 Å². The van der Waals surface area contributed by atoms with Crippen molar-refractivity contribution in [3.8, 4) is 23.0 Å². The summed E-state index contributed by atoms with van der Waals surface area (Å²) in [7, 11) is 4.97. The standard InChI is InChI=1S/C25H37NO4.C2H2O4/c1-6-14-26(15-7-2)16-12-20-8-11-23(28-4)25(19-20)30-17-13-21-9-10-22(27-3)24(18-21)29-5;3-1(4)2(5)6/h8-11,18-19H,6-7,12-17H2,1-5H3;(H,3,4)(H,5,6). The van der Waals surface area contributed by atoms with Crippen molar-refractivity contribution in [3.05, 3.63) is 47.5 Å². The Labute approximate surface area is 213 Å². The van der Waals surface area contributed by atoms with Crippen molar-refractivity contribution in [1.82, 2.24) is 4.90 Å². The first-order valence-corrected chi connectivity index (χ1v) is 12.0. The lowest BCUT2D eigenvalue weighted by Gasteiger charge is -2.21. The van der Waals surface area contributed by atoms with Gasteiger partial charge in [0.1, 0.15) is 0 Å². The van der Waals surface area contributed by atoms with Crippen LogP contribution in [0, 0.1) is 0 Å². The molecule has 36 heavy (non-hydrogen) atoms. The number of hydrogen-bond acceptors (Lipinski definition) is 7. The molecule has 0 radical (unpaired) electrons. The fourth-order valence-corrected chi connectivity index (χ4v) is 3.56. The van der Waals surface area contributed by atoms with Crippen LogP contribution in [0.1, 0.15) is 37.8 Å². The molecule has 2 aromatic carbocycles. The molecular weight excluding hydrogens is 466 g/mol. The lowest BCUT2D eigenvalue weighted by Crippen LogP contribution is -2.27. The lowest BCUT2D eigenvalue weighted by molar-refractivity contribution is -0.159. The third kappa shape index (κ3) is 10.9. The van der Waals surface area contributed by atoms with Crippen LogP contribution in [-0.2, 0) is 22.4 Å². The topological polar surface area (TPSA) is 115 Å². The third-order valence-electron chi connectivity index (χ3n) is 5.30. The highest BCUT2D eigenvalue weighted by Gasteiger charge is 2.10. The number of methoxy groups -OCH3 is 3. The summed E-state index contributed by atoms with van der Waals surface area (Å²) in [5.74, 6) is -0.613. The fourth-order valence-electron chi connectivity index (χ4n) is 3.56. The van der Waals surface area contributed by atoms with Gasteiger partial charge in [-0.3, -0.25) is 0 Å². The summed E-state index contributed by atoms with van der Waals surface area (Å²) in [4.78, 5) is 20.7. The first kappa shape index (κ1) is 30.6. The fraction of sp³-hybridized carbons (Fsp3) is 0.481. The number of ether oxygens (including phenoxy) is 4. The van der Waals surface area contributed by atoms with E-state index in [-0.39, 0.29) is 0 Å². The van der Waals surface area contributed by atoms with E-state index < -0.39 is 11.9 Å². The zero-order valence-corrected chi connectivity index (χ0v) is 21.9. The van der Waals surface area contributed by atoms with Gasteiger partial charge in [-0.1, -0.05) is 26.0 Å². The predicted molar refractivity (Wildman–Crippen MR) is 138 cm³/mol. The molecule has 0 atom stereocenters. The SMILES string of the molecule is CCCN(CCC)CCc1ccc(OC)c(OCCc2ccc(OC)c(OC)c2)c1.O=C(O)C(=O)O. The Morgan fingerprint density at radius 1 is 0.694 bits per heavy atom. The number of carboxylic acids is 2. The molecule has 0 aliphatic rings. The second-order valence-corrected chi connectivity index (χ2v) is 7.97. The van der Waals surface area contributed by atoms with Gasteiger partial charge < -0.3 is 34.1 Å². The molecule has 0 saturated heterocycles. The van der Waals surface area contributed by atoms with Crippen LogP contribution in [0.4, 0.5) is 0 Å². The van der Waals surface area contributed by atoms with E-state index in [0.29, 0.717) is 6.61 Å². The second-order valence-electron chi connectivity index (χ2n) is 7.97. The van der Waals surface area contributed by atoms with Gasteiger partial charge in [0.2, 0.25) is 0 Å². The Morgan fingerprint density at radius 2 is 1.17 bits per heavy atom. The van der Waals surface area contributed by atoms with Crippen molar-refractivity contribution in [2.75, 3.05) is 47.6 Å². The molecule has 0 saturated carbocycles. The van der Waals surface area contributed by atoms with E-state index in [1.54, 1.807) is 21.3 Å². The lowest BCUT2D eigenvalue weighted by atomic mass is 10.1. The van der Waals surface area contributed by atoms with Crippen LogP contribution in [-0.4, -0.2) is 74.6 Å². The summed E-state index contributed by atoms with van der Waals surface area (Å²) >= 11 is 0. The number of hydrogen-bond donors (Lipinski definition) is 2. The summed E-state index contributed by atoms with van der Waals surface area (Å²) in [6, 6.07) is 12.2. The number of nitrogens with zero attached hydrogens (tertiary/aromatic N) is 1. The summed E-state index contributed by atoms with van der Waals surface area (Å²) in [6.45, 7) is 8.41. The summed E-state index contributed by atoms with van der Waals surface area (Å²) in [5, 5.41) is 14.8. The molecule has 0 aliphatic carbocycles. The largest absolute Gasteiger partial charge is 0.493 e. The molecule has 0 heterocycles. The minimum atomic E-state index is -1.82. The van der Waals surface area contributed by atoms with E-state index in [1.807, 2.05) is 24.3 Å². The molecule has 0 aliphatic heterocycles. The van der Waals surface area contributed by atoms with Crippen LogP contribution in [0.25, 0.3) is 0 Å². The van der Waals surface area contributed by atoms with E-state index in [9.17, 15) is 0 Å². The molecule has 9 heteroatoms. The maximum absolute atomic E-state index is 9.10. The molecular formula is C27H39NO8. The number of benzene rings is 2. The van der Waals surface area contributed by atoms with Crippen molar-refractivity contribution >= 4 is 11.9 Å². The van der Waals surface area contributed by atoms with E-state index in [2.05, 4.69) is 30.9 Å². The van der Waals surface area contributed by atoms with Crippen LogP contribution >= 0.6 is 0 Å². The Hall–Kier alpha value is -3.46. The van der Waals surface area contributed by atoms with Crippen LogP contribution in [0.5, 0.6) is 23.0 Å². The van der Waals surface area contributed by atoms with Gasteiger partial charge in [-0.15, -0.1) is 0 Å². The first-order valence-electron chi connectivity index (χ1n) is 12.0. The maximum Gasteiger partial charge on any atom is 0.414 e. The smallest absolute Gasteiger partial charge is 0.414 e. The summed E-state index contributed by atoms with van der Waals surface area (Å²) in [6.07, 6.45) is 4.16. The Kier molecular flexibility index (Phi) is 14.5. The normalized spacial score (nSPS) is 10.3. The van der Waals surface area contributed by atoms with E-state index in [1.165, 1.54) is 18.4 Å². The average molecular weight is 506 g/mol. The van der Waals surface area contributed by atoms with E-state index in [4.69, 9.17) is 38.7 Å². The summed E-state index contributed by atoms with van der Waals surface area (Å²) < 4.78 is 22.3. The van der Waals surface area contributed by atoms with Gasteiger partial charge in [0, 0.05) is 13.0 Å². The van der Waals surface area contributed by atoms with Crippen LogP contribution < -0.4 is 18.9 Å². The molecule has 0 unspecified atom stereocenters. The van der Waals surface area contributed by atoms with Crippen molar-refractivity contribution in [2.24, 2.45) is 0 Å². The minimum Gasteiger partial charge on any atom is -0.493 e. The van der Waals surface area contributed by atoms with Gasteiger partial charge in [-0.25, -0.2) is 9.59 Å². The zero-order chi connectivity index (χ0) is 26.9. The number of rotatable bonds is 14. The Balaban J connectivity index is 0.000000960. The molecule has 200 valence electrons. The van der Waals surface area contributed by atoms with Gasteiger partial charge >= 0.3 is 11.9 Å². The number of carboxylic acid groups (broad SMARTS) is 2. The van der Waals surface area contributed by atoms with Gasteiger partial charge in [0.05, 0.1) is 27.9 Å². The van der Waals surface area contributed by atoms with Crippen molar-refractivity contribution in [2.45, 2.75) is 39.5 Å².